The molecule has 0 bridgehead atoms. The van der Waals surface area contributed by atoms with Gasteiger partial charge in [0.05, 0.1) is 4.92 Å². The fourth-order valence-corrected chi connectivity index (χ4v) is 2.83. The van der Waals surface area contributed by atoms with E-state index in [9.17, 15) is 14.9 Å². The van der Waals surface area contributed by atoms with Crippen LogP contribution in [-0.2, 0) is 0 Å². The van der Waals surface area contributed by atoms with E-state index in [1.54, 1.807) is 17.9 Å². The molecule has 6 heteroatoms. The Balaban J connectivity index is 2.09. The maximum atomic E-state index is 12.5. The highest BCUT2D eigenvalue weighted by molar-refractivity contribution is 5.95. The van der Waals surface area contributed by atoms with Crippen LogP contribution in [0.25, 0.3) is 0 Å². The van der Waals surface area contributed by atoms with Crippen LogP contribution in [0.15, 0.2) is 18.2 Å². The van der Waals surface area contributed by atoms with Gasteiger partial charge in [-0.15, -0.1) is 0 Å². The second-order valence-corrected chi connectivity index (χ2v) is 5.63. The van der Waals surface area contributed by atoms with Crippen molar-refractivity contribution in [3.8, 4) is 0 Å². The molecule has 0 radical (unpaired) electrons. The minimum Gasteiger partial charge on any atom is -0.339 e. The largest absolute Gasteiger partial charge is 0.339 e. The third kappa shape index (κ3) is 3.78. The second kappa shape index (κ2) is 6.67. The van der Waals surface area contributed by atoms with E-state index in [4.69, 9.17) is 5.73 Å². The van der Waals surface area contributed by atoms with Crippen molar-refractivity contribution in [3.05, 3.63) is 39.4 Å². The third-order valence-electron chi connectivity index (χ3n) is 4.00. The first-order chi connectivity index (χ1) is 10.0. The van der Waals surface area contributed by atoms with Gasteiger partial charge in [0.25, 0.3) is 11.6 Å². The highest BCUT2D eigenvalue weighted by atomic mass is 16.6. The topological polar surface area (TPSA) is 89.5 Å². The van der Waals surface area contributed by atoms with Gasteiger partial charge in [0.1, 0.15) is 0 Å². The van der Waals surface area contributed by atoms with Crippen molar-refractivity contribution in [1.82, 2.24) is 4.90 Å². The number of nitrogens with two attached hydrogens (primary N) is 1. The van der Waals surface area contributed by atoms with Crippen LogP contribution in [0.3, 0.4) is 0 Å². The number of nitro benzene ring substituents is 1. The van der Waals surface area contributed by atoms with Crippen LogP contribution < -0.4 is 5.73 Å². The molecule has 1 amide bonds. The quantitative estimate of drug-likeness (QED) is 0.679. The molecule has 1 saturated heterocycles. The molecule has 0 saturated carbocycles. The number of benzene rings is 1. The molecule has 1 aliphatic rings. The number of nitro groups is 1. The van der Waals surface area contributed by atoms with E-state index < -0.39 is 4.92 Å². The molecule has 0 unspecified atom stereocenters. The van der Waals surface area contributed by atoms with Gasteiger partial charge in [0.15, 0.2) is 0 Å². The first kappa shape index (κ1) is 15.4. The first-order valence-corrected chi connectivity index (χ1v) is 7.26. The molecule has 1 fully saturated rings. The Morgan fingerprint density at radius 2 is 2.05 bits per heavy atom. The standard InChI is InChI=1S/C15H21N3O3/c1-11-8-13(10-14(9-11)18(20)21)15(19)17-6-3-12(2-5-16)4-7-17/h8-10,12H,2-7,16H2,1H3. The summed E-state index contributed by atoms with van der Waals surface area (Å²) in [7, 11) is 0. The number of nitrogens with zero attached hydrogens (tertiary/aromatic N) is 2. The summed E-state index contributed by atoms with van der Waals surface area (Å²) in [5.74, 6) is 0.471. The lowest BCUT2D eigenvalue weighted by molar-refractivity contribution is -0.384. The van der Waals surface area contributed by atoms with Crippen molar-refractivity contribution < 1.29 is 9.72 Å². The van der Waals surface area contributed by atoms with E-state index in [1.807, 2.05) is 0 Å². The van der Waals surface area contributed by atoms with Crippen LogP contribution in [0.5, 0.6) is 0 Å². The summed E-state index contributed by atoms with van der Waals surface area (Å²) in [6.45, 7) is 3.84. The molecule has 0 atom stereocenters. The minimum absolute atomic E-state index is 0.0311. The highest BCUT2D eigenvalue weighted by Crippen LogP contribution is 2.23. The van der Waals surface area contributed by atoms with E-state index in [2.05, 4.69) is 0 Å². The van der Waals surface area contributed by atoms with Gasteiger partial charge < -0.3 is 10.6 Å². The maximum Gasteiger partial charge on any atom is 0.270 e. The smallest absolute Gasteiger partial charge is 0.270 e. The Morgan fingerprint density at radius 1 is 1.38 bits per heavy atom. The zero-order chi connectivity index (χ0) is 15.4. The maximum absolute atomic E-state index is 12.5. The van der Waals surface area contributed by atoms with Gasteiger partial charge in [-0.1, -0.05) is 0 Å². The second-order valence-electron chi connectivity index (χ2n) is 5.63. The Morgan fingerprint density at radius 3 is 2.62 bits per heavy atom. The molecule has 1 aromatic rings. The van der Waals surface area contributed by atoms with Crippen molar-refractivity contribution in [2.24, 2.45) is 11.7 Å². The fraction of sp³-hybridized carbons (Fsp3) is 0.533. The molecule has 2 N–H and O–H groups in total. The molecule has 21 heavy (non-hydrogen) atoms. The summed E-state index contributed by atoms with van der Waals surface area (Å²) >= 11 is 0. The molecular formula is C15H21N3O3. The number of aryl methyl sites for hydroxylation is 1. The molecule has 0 spiro atoms. The van der Waals surface area contributed by atoms with Crippen LogP contribution in [0.4, 0.5) is 5.69 Å². The molecule has 2 rings (SSSR count). The van der Waals surface area contributed by atoms with Crippen molar-refractivity contribution in [3.63, 3.8) is 0 Å². The van der Waals surface area contributed by atoms with Crippen LogP contribution in [0, 0.1) is 23.0 Å². The minimum atomic E-state index is -0.461. The van der Waals surface area contributed by atoms with Gasteiger partial charge in [-0.2, -0.15) is 0 Å². The highest BCUT2D eigenvalue weighted by Gasteiger charge is 2.24. The van der Waals surface area contributed by atoms with E-state index in [-0.39, 0.29) is 11.6 Å². The zero-order valence-electron chi connectivity index (χ0n) is 12.2. The Bertz CT molecular complexity index is 537. The van der Waals surface area contributed by atoms with Gasteiger partial charge >= 0.3 is 0 Å². The lowest BCUT2D eigenvalue weighted by Gasteiger charge is -2.32. The Labute approximate surface area is 124 Å². The average Bonchev–Trinajstić information content (AvgIpc) is 2.47. The summed E-state index contributed by atoms with van der Waals surface area (Å²) in [5, 5.41) is 10.9. The van der Waals surface area contributed by atoms with Crippen molar-refractivity contribution in [1.29, 1.82) is 0 Å². The molecule has 0 aliphatic carbocycles. The molecule has 6 nitrogen and oxygen atoms in total. The first-order valence-electron chi connectivity index (χ1n) is 7.26. The number of likely N-dealkylation sites (tertiary alicyclic amines) is 1. The summed E-state index contributed by atoms with van der Waals surface area (Å²) in [6, 6.07) is 4.55. The van der Waals surface area contributed by atoms with Gasteiger partial charge in [-0.25, -0.2) is 0 Å². The molecular weight excluding hydrogens is 270 g/mol. The molecule has 1 heterocycles. The summed E-state index contributed by atoms with van der Waals surface area (Å²) < 4.78 is 0. The van der Waals surface area contributed by atoms with Crippen molar-refractivity contribution in [2.75, 3.05) is 19.6 Å². The van der Waals surface area contributed by atoms with Gasteiger partial charge in [-0.05, 0) is 50.3 Å². The van der Waals surface area contributed by atoms with Crippen LogP contribution in [0.1, 0.15) is 35.2 Å². The number of rotatable bonds is 4. The normalized spacial score (nSPS) is 16.0. The van der Waals surface area contributed by atoms with E-state index in [0.717, 1.165) is 24.8 Å². The number of carbonyl (C=O) groups excluding carboxylic acids is 1. The van der Waals surface area contributed by atoms with Crippen LogP contribution in [-0.4, -0.2) is 35.4 Å². The van der Waals surface area contributed by atoms with Gasteiger partial charge in [-0.3, -0.25) is 14.9 Å². The van der Waals surface area contributed by atoms with Crippen molar-refractivity contribution >= 4 is 11.6 Å². The predicted octanol–water partition coefficient (Wildman–Crippen LogP) is 2.10. The zero-order valence-corrected chi connectivity index (χ0v) is 12.2. The fourth-order valence-electron chi connectivity index (χ4n) is 2.83. The Hall–Kier alpha value is -1.95. The Kier molecular flexibility index (Phi) is 4.90. The number of non-ortho nitro benzene ring substituents is 1. The average molecular weight is 291 g/mol. The van der Waals surface area contributed by atoms with E-state index in [0.29, 0.717) is 31.1 Å². The summed E-state index contributed by atoms with van der Waals surface area (Å²) in [6.07, 6.45) is 2.91. The number of hydrogen-bond donors (Lipinski definition) is 1. The van der Waals surface area contributed by atoms with Gasteiger partial charge in [0.2, 0.25) is 0 Å². The monoisotopic (exact) mass is 291 g/mol. The SMILES string of the molecule is Cc1cc(C(=O)N2CCC(CCN)CC2)cc([N+](=O)[O-])c1. The van der Waals surface area contributed by atoms with Gasteiger partial charge in [0, 0.05) is 30.8 Å². The van der Waals surface area contributed by atoms with E-state index in [1.165, 1.54) is 12.1 Å². The van der Waals surface area contributed by atoms with Crippen molar-refractivity contribution in [2.45, 2.75) is 26.2 Å². The molecule has 114 valence electrons. The van der Waals surface area contributed by atoms with Crippen LogP contribution in [0.2, 0.25) is 0 Å². The molecule has 0 aromatic heterocycles. The lowest BCUT2D eigenvalue weighted by atomic mass is 9.93. The number of piperidine rings is 1. The summed E-state index contributed by atoms with van der Waals surface area (Å²) in [4.78, 5) is 24.7. The molecule has 1 aliphatic heterocycles. The number of carbonyl (C=O) groups is 1. The van der Waals surface area contributed by atoms with Crippen LogP contribution >= 0.6 is 0 Å². The molecule has 1 aromatic carbocycles. The number of amides is 1. The lowest BCUT2D eigenvalue weighted by Crippen LogP contribution is -2.38. The summed E-state index contributed by atoms with van der Waals surface area (Å²) in [5.41, 5.74) is 6.66. The predicted molar refractivity (Wildman–Crippen MR) is 80.1 cm³/mol. The van der Waals surface area contributed by atoms with E-state index >= 15 is 0 Å². The number of hydrogen-bond acceptors (Lipinski definition) is 4. The third-order valence-corrected chi connectivity index (χ3v) is 4.00.